The predicted octanol–water partition coefficient (Wildman–Crippen LogP) is 0.936. The average molecular weight is 291 g/mol. The van der Waals surface area contributed by atoms with E-state index in [1.807, 2.05) is 30.3 Å². The molecular weight excluding hydrogens is 270 g/mol. The van der Waals surface area contributed by atoms with Crippen LogP contribution in [0.1, 0.15) is 5.56 Å². The number of esters is 1. The van der Waals surface area contributed by atoms with Crippen molar-refractivity contribution in [1.82, 2.24) is 4.90 Å². The third-order valence-corrected chi connectivity index (χ3v) is 3.20. The zero-order valence-electron chi connectivity index (χ0n) is 12.0. The Hall–Kier alpha value is -1.69. The number of morpholine rings is 1. The van der Waals surface area contributed by atoms with E-state index in [1.165, 1.54) is 6.08 Å². The SMILES string of the molecule is O=C(C=Cc1ccccc1)OCC(O)CN1CCOCC1. The van der Waals surface area contributed by atoms with E-state index in [4.69, 9.17) is 9.47 Å². The van der Waals surface area contributed by atoms with Gasteiger partial charge in [0.1, 0.15) is 12.7 Å². The molecule has 1 aliphatic heterocycles. The maximum atomic E-state index is 11.6. The lowest BCUT2D eigenvalue weighted by atomic mass is 10.2. The van der Waals surface area contributed by atoms with Gasteiger partial charge in [0, 0.05) is 25.7 Å². The normalized spacial score (nSPS) is 17.8. The molecule has 1 aromatic rings. The molecule has 0 bridgehead atoms. The third-order valence-electron chi connectivity index (χ3n) is 3.20. The first-order valence-electron chi connectivity index (χ1n) is 7.12. The summed E-state index contributed by atoms with van der Waals surface area (Å²) in [5, 5.41) is 9.85. The van der Waals surface area contributed by atoms with E-state index in [9.17, 15) is 9.90 Å². The molecule has 0 amide bonds. The average Bonchev–Trinajstić information content (AvgIpc) is 2.53. The fourth-order valence-electron chi connectivity index (χ4n) is 2.09. The molecule has 1 heterocycles. The molecule has 2 rings (SSSR count). The lowest BCUT2D eigenvalue weighted by molar-refractivity contribution is -0.141. The number of aliphatic hydroxyl groups is 1. The summed E-state index contributed by atoms with van der Waals surface area (Å²) in [5.74, 6) is -0.445. The van der Waals surface area contributed by atoms with Gasteiger partial charge in [-0.25, -0.2) is 4.79 Å². The Balaban J connectivity index is 1.67. The van der Waals surface area contributed by atoms with E-state index in [1.54, 1.807) is 6.08 Å². The minimum absolute atomic E-state index is 0.00925. The number of ether oxygens (including phenoxy) is 2. The van der Waals surface area contributed by atoms with Crippen LogP contribution in [0.3, 0.4) is 0 Å². The molecule has 1 N–H and O–H groups in total. The fourth-order valence-corrected chi connectivity index (χ4v) is 2.09. The second-order valence-corrected chi connectivity index (χ2v) is 4.94. The summed E-state index contributed by atoms with van der Waals surface area (Å²) in [6, 6.07) is 9.51. The van der Waals surface area contributed by atoms with Crippen molar-refractivity contribution < 1.29 is 19.4 Å². The van der Waals surface area contributed by atoms with Crippen LogP contribution in [0.2, 0.25) is 0 Å². The lowest BCUT2D eigenvalue weighted by Crippen LogP contribution is -2.42. The summed E-state index contributed by atoms with van der Waals surface area (Å²) in [5.41, 5.74) is 0.934. The molecule has 5 nitrogen and oxygen atoms in total. The maximum absolute atomic E-state index is 11.6. The number of rotatable bonds is 6. The van der Waals surface area contributed by atoms with Crippen LogP contribution in [-0.4, -0.2) is 61.5 Å². The zero-order valence-corrected chi connectivity index (χ0v) is 12.0. The van der Waals surface area contributed by atoms with E-state index in [0.717, 1.165) is 18.7 Å². The minimum Gasteiger partial charge on any atom is -0.460 e. The maximum Gasteiger partial charge on any atom is 0.330 e. The number of carbonyl (C=O) groups is 1. The van der Waals surface area contributed by atoms with Crippen molar-refractivity contribution in [3.8, 4) is 0 Å². The van der Waals surface area contributed by atoms with Gasteiger partial charge < -0.3 is 14.6 Å². The quantitative estimate of drug-likeness (QED) is 0.624. The van der Waals surface area contributed by atoms with E-state index in [0.29, 0.717) is 19.8 Å². The first-order chi connectivity index (χ1) is 10.2. The van der Waals surface area contributed by atoms with Gasteiger partial charge >= 0.3 is 5.97 Å². The van der Waals surface area contributed by atoms with Crippen molar-refractivity contribution in [3.05, 3.63) is 42.0 Å². The van der Waals surface area contributed by atoms with Crippen molar-refractivity contribution >= 4 is 12.0 Å². The van der Waals surface area contributed by atoms with Crippen LogP contribution >= 0.6 is 0 Å². The van der Waals surface area contributed by atoms with Gasteiger partial charge in [-0.2, -0.15) is 0 Å². The molecule has 0 radical (unpaired) electrons. The highest BCUT2D eigenvalue weighted by Gasteiger charge is 2.15. The number of β-amino-alcohol motifs (C(OH)–C–C–N with tert-alkyl or cyclic N) is 1. The highest BCUT2D eigenvalue weighted by molar-refractivity contribution is 5.87. The summed E-state index contributed by atoms with van der Waals surface area (Å²) < 4.78 is 10.3. The second kappa shape index (κ2) is 8.56. The number of hydrogen-bond donors (Lipinski definition) is 1. The van der Waals surface area contributed by atoms with Gasteiger partial charge in [-0.15, -0.1) is 0 Å². The van der Waals surface area contributed by atoms with E-state index < -0.39 is 12.1 Å². The first-order valence-corrected chi connectivity index (χ1v) is 7.12. The van der Waals surface area contributed by atoms with Crippen LogP contribution < -0.4 is 0 Å². The summed E-state index contributed by atoms with van der Waals surface area (Å²) in [6.45, 7) is 3.49. The minimum atomic E-state index is -0.669. The van der Waals surface area contributed by atoms with Crippen LogP contribution in [0.4, 0.5) is 0 Å². The van der Waals surface area contributed by atoms with E-state index in [-0.39, 0.29) is 6.61 Å². The molecule has 1 aromatic carbocycles. The Morgan fingerprint density at radius 3 is 2.76 bits per heavy atom. The van der Waals surface area contributed by atoms with Crippen molar-refractivity contribution in [1.29, 1.82) is 0 Å². The van der Waals surface area contributed by atoms with Gasteiger partial charge in [0.15, 0.2) is 0 Å². The zero-order chi connectivity index (χ0) is 14.9. The van der Waals surface area contributed by atoms with Crippen LogP contribution in [0.15, 0.2) is 36.4 Å². The van der Waals surface area contributed by atoms with Crippen molar-refractivity contribution in [2.45, 2.75) is 6.10 Å². The Morgan fingerprint density at radius 2 is 2.05 bits per heavy atom. The van der Waals surface area contributed by atoms with Crippen LogP contribution in [0.25, 0.3) is 6.08 Å². The molecule has 21 heavy (non-hydrogen) atoms. The van der Waals surface area contributed by atoms with Gasteiger partial charge in [0.25, 0.3) is 0 Å². The number of aliphatic hydroxyl groups excluding tert-OH is 1. The summed E-state index contributed by atoms with van der Waals surface area (Å²) in [4.78, 5) is 13.7. The molecule has 0 saturated carbocycles. The molecule has 5 heteroatoms. The Kier molecular flexibility index (Phi) is 6.40. The molecule has 0 aromatic heterocycles. The Bertz CT molecular complexity index is 455. The molecule has 0 aliphatic carbocycles. The summed E-state index contributed by atoms with van der Waals surface area (Å²) >= 11 is 0. The monoisotopic (exact) mass is 291 g/mol. The lowest BCUT2D eigenvalue weighted by Gasteiger charge is -2.28. The van der Waals surface area contributed by atoms with Crippen LogP contribution in [0, 0.1) is 0 Å². The molecule has 0 spiro atoms. The van der Waals surface area contributed by atoms with Gasteiger partial charge in [0.05, 0.1) is 13.2 Å². The van der Waals surface area contributed by atoms with Gasteiger partial charge in [0.2, 0.25) is 0 Å². The molecule has 1 atom stereocenters. The van der Waals surface area contributed by atoms with Crippen molar-refractivity contribution in [3.63, 3.8) is 0 Å². The number of benzene rings is 1. The topological polar surface area (TPSA) is 59.0 Å². The van der Waals surface area contributed by atoms with Crippen LogP contribution in [0.5, 0.6) is 0 Å². The number of hydrogen-bond acceptors (Lipinski definition) is 5. The van der Waals surface area contributed by atoms with Gasteiger partial charge in [-0.3, -0.25) is 4.90 Å². The molecule has 114 valence electrons. The highest BCUT2D eigenvalue weighted by atomic mass is 16.5. The van der Waals surface area contributed by atoms with Crippen LogP contribution in [-0.2, 0) is 14.3 Å². The number of carbonyl (C=O) groups excluding carboxylic acids is 1. The molecule has 1 saturated heterocycles. The number of nitrogens with zero attached hydrogens (tertiary/aromatic N) is 1. The molecule has 1 aliphatic rings. The second-order valence-electron chi connectivity index (χ2n) is 4.94. The molecular formula is C16H21NO4. The molecule has 1 unspecified atom stereocenters. The van der Waals surface area contributed by atoms with Gasteiger partial charge in [-0.1, -0.05) is 30.3 Å². The molecule has 1 fully saturated rings. The summed E-state index contributed by atoms with van der Waals surface area (Å²) in [7, 11) is 0. The van der Waals surface area contributed by atoms with Crippen molar-refractivity contribution in [2.75, 3.05) is 39.5 Å². The fraction of sp³-hybridized carbons (Fsp3) is 0.438. The Labute approximate surface area is 124 Å². The Morgan fingerprint density at radius 1 is 1.33 bits per heavy atom. The smallest absolute Gasteiger partial charge is 0.330 e. The van der Waals surface area contributed by atoms with Crippen molar-refractivity contribution in [2.24, 2.45) is 0 Å². The largest absolute Gasteiger partial charge is 0.460 e. The highest BCUT2D eigenvalue weighted by Crippen LogP contribution is 2.02. The first kappa shape index (κ1) is 15.7. The predicted molar refractivity (Wildman–Crippen MR) is 79.7 cm³/mol. The van der Waals surface area contributed by atoms with Gasteiger partial charge in [-0.05, 0) is 11.6 Å². The van der Waals surface area contributed by atoms with E-state index in [2.05, 4.69) is 4.90 Å². The summed E-state index contributed by atoms with van der Waals surface area (Å²) in [6.07, 6.45) is 2.39. The third kappa shape index (κ3) is 6.08. The standard InChI is InChI=1S/C16H21NO4/c18-15(12-17-8-10-20-11-9-17)13-21-16(19)7-6-14-4-2-1-3-5-14/h1-7,15,18H,8-13H2. The van der Waals surface area contributed by atoms with E-state index >= 15 is 0 Å².